The second kappa shape index (κ2) is 7.43. The molecule has 0 spiro atoms. The number of hydrogen-bond donors (Lipinski definition) is 1. The Balaban J connectivity index is 1.69. The number of rotatable bonds is 6. The van der Waals surface area contributed by atoms with Crippen molar-refractivity contribution in [2.75, 3.05) is 5.32 Å². The largest absolute Gasteiger partial charge is 0.459 e. The summed E-state index contributed by atoms with van der Waals surface area (Å²) in [5.74, 6) is -0.262. The Labute approximate surface area is 142 Å². The Morgan fingerprint density at radius 3 is 2.64 bits per heavy atom. The molecule has 2 aromatic heterocycles. The predicted octanol–water partition coefficient (Wildman–Crippen LogP) is 2.83. The molecular weight excluding hydrogens is 326 g/mol. The number of carbonyl (C=O) groups is 2. The fourth-order valence-electron chi connectivity index (χ4n) is 2.06. The SMILES string of the molecule is CCc1nnc(COC(=O)c2ccccc2NC(=O)c2ccco2)o1. The monoisotopic (exact) mass is 341 g/mol. The topological polar surface area (TPSA) is 107 Å². The van der Waals surface area contributed by atoms with Crippen molar-refractivity contribution in [1.82, 2.24) is 10.2 Å². The van der Waals surface area contributed by atoms with E-state index >= 15 is 0 Å². The number of aromatic nitrogens is 2. The van der Waals surface area contributed by atoms with Gasteiger partial charge in [0.05, 0.1) is 17.5 Å². The van der Waals surface area contributed by atoms with Crippen LogP contribution in [0.3, 0.4) is 0 Å². The number of hydrogen-bond acceptors (Lipinski definition) is 7. The van der Waals surface area contributed by atoms with Crippen LogP contribution < -0.4 is 5.32 Å². The maximum atomic E-state index is 12.3. The molecule has 0 fully saturated rings. The van der Waals surface area contributed by atoms with Crippen LogP contribution in [-0.2, 0) is 17.8 Å². The summed E-state index contributed by atoms with van der Waals surface area (Å²) in [4.78, 5) is 24.4. The first-order chi connectivity index (χ1) is 12.2. The Hall–Kier alpha value is -3.42. The molecule has 0 aliphatic heterocycles. The Kier molecular flexibility index (Phi) is 4.89. The Morgan fingerprint density at radius 1 is 1.12 bits per heavy atom. The zero-order chi connectivity index (χ0) is 17.6. The number of anilines is 1. The van der Waals surface area contributed by atoms with Crippen LogP contribution in [0.25, 0.3) is 0 Å². The summed E-state index contributed by atoms with van der Waals surface area (Å²) in [5, 5.41) is 10.2. The fourth-order valence-corrected chi connectivity index (χ4v) is 2.06. The molecule has 128 valence electrons. The number of ether oxygens (including phenoxy) is 1. The summed E-state index contributed by atoms with van der Waals surface area (Å²) in [7, 11) is 0. The normalized spacial score (nSPS) is 10.4. The molecule has 2 heterocycles. The molecule has 0 atom stereocenters. The molecule has 1 N–H and O–H groups in total. The summed E-state index contributed by atoms with van der Waals surface area (Å²) in [6, 6.07) is 9.63. The zero-order valence-electron chi connectivity index (χ0n) is 13.4. The van der Waals surface area contributed by atoms with Crippen LogP contribution in [-0.4, -0.2) is 22.1 Å². The van der Waals surface area contributed by atoms with Crippen molar-refractivity contribution in [2.45, 2.75) is 20.0 Å². The van der Waals surface area contributed by atoms with Crippen LogP contribution in [0.4, 0.5) is 5.69 Å². The van der Waals surface area contributed by atoms with Gasteiger partial charge >= 0.3 is 5.97 Å². The summed E-state index contributed by atoms with van der Waals surface area (Å²) < 4.78 is 15.5. The van der Waals surface area contributed by atoms with Gasteiger partial charge in [0.2, 0.25) is 5.89 Å². The molecule has 0 saturated heterocycles. The molecule has 0 radical (unpaired) electrons. The quantitative estimate of drug-likeness (QED) is 0.687. The molecule has 3 aromatic rings. The van der Waals surface area contributed by atoms with Crippen molar-refractivity contribution in [3.63, 3.8) is 0 Å². The van der Waals surface area contributed by atoms with Crippen molar-refractivity contribution in [2.24, 2.45) is 0 Å². The van der Waals surface area contributed by atoms with Gasteiger partial charge in [-0.25, -0.2) is 4.79 Å². The maximum absolute atomic E-state index is 12.3. The van der Waals surface area contributed by atoms with Crippen LogP contribution >= 0.6 is 0 Å². The number of carbonyl (C=O) groups excluding carboxylic acids is 2. The highest BCUT2D eigenvalue weighted by Crippen LogP contribution is 2.18. The first-order valence-electron chi connectivity index (χ1n) is 7.59. The van der Waals surface area contributed by atoms with E-state index in [1.54, 1.807) is 30.3 Å². The van der Waals surface area contributed by atoms with Crippen molar-refractivity contribution in [3.8, 4) is 0 Å². The first-order valence-corrected chi connectivity index (χ1v) is 7.59. The number of furan rings is 1. The second-order valence-electron chi connectivity index (χ2n) is 5.00. The molecule has 0 unspecified atom stereocenters. The third-order valence-corrected chi connectivity index (χ3v) is 3.28. The van der Waals surface area contributed by atoms with Gasteiger partial charge in [0.25, 0.3) is 11.8 Å². The summed E-state index contributed by atoms with van der Waals surface area (Å²) in [6.07, 6.45) is 1.99. The fraction of sp³-hybridized carbons (Fsp3) is 0.176. The lowest BCUT2D eigenvalue weighted by atomic mass is 10.1. The molecule has 0 saturated carbocycles. The summed E-state index contributed by atoms with van der Waals surface area (Å²) >= 11 is 0. The van der Waals surface area contributed by atoms with Crippen molar-refractivity contribution in [1.29, 1.82) is 0 Å². The van der Waals surface area contributed by atoms with E-state index in [-0.39, 0.29) is 23.8 Å². The van der Waals surface area contributed by atoms with E-state index in [0.29, 0.717) is 18.0 Å². The van der Waals surface area contributed by atoms with Crippen LogP contribution in [0, 0.1) is 0 Å². The molecular formula is C17H15N3O5. The average Bonchev–Trinajstić information content (AvgIpc) is 3.31. The van der Waals surface area contributed by atoms with E-state index < -0.39 is 11.9 Å². The minimum Gasteiger partial charge on any atom is -0.459 e. The number of esters is 1. The van der Waals surface area contributed by atoms with Gasteiger partial charge in [0.1, 0.15) is 0 Å². The lowest BCUT2D eigenvalue weighted by molar-refractivity contribution is 0.0437. The number of aryl methyl sites for hydroxylation is 1. The van der Waals surface area contributed by atoms with Crippen LogP contribution in [0.2, 0.25) is 0 Å². The van der Waals surface area contributed by atoms with Crippen LogP contribution in [0.5, 0.6) is 0 Å². The molecule has 8 heteroatoms. The van der Waals surface area contributed by atoms with Crippen LogP contribution in [0.1, 0.15) is 39.6 Å². The van der Waals surface area contributed by atoms with E-state index in [1.807, 2.05) is 6.92 Å². The van der Waals surface area contributed by atoms with E-state index in [4.69, 9.17) is 13.6 Å². The number of benzene rings is 1. The minimum absolute atomic E-state index is 0.140. The molecule has 1 amide bonds. The number of para-hydroxylation sites is 1. The van der Waals surface area contributed by atoms with Gasteiger partial charge in [-0.1, -0.05) is 19.1 Å². The van der Waals surface area contributed by atoms with E-state index in [0.717, 1.165) is 0 Å². The van der Waals surface area contributed by atoms with Gasteiger partial charge in [0, 0.05) is 6.42 Å². The molecule has 1 aromatic carbocycles. The molecule has 0 bridgehead atoms. The zero-order valence-corrected chi connectivity index (χ0v) is 13.4. The summed E-state index contributed by atoms with van der Waals surface area (Å²) in [5.41, 5.74) is 0.520. The second-order valence-corrected chi connectivity index (χ2v) is 5.00. The summed E-state index contributed by atoms with van der Waals surface area (Å²) in [6.45, 7) is 1.73. The third-order valence-electron chi connectivity index (χ3n) is 3.28. The lowest BCUT2D eigenvalue weighted by Gasteiger charge is -2.09. The molecule has 0 aliphatic rings. The highest BCUT2D eigenvalue weighted by atomic mass is 16.5. The molecule has 8 nitrogen and oxygen atoms in total. The highest BCUT2D eigenvalue weighted by Gasteiger charge is 2.17. The maximum Gasteiger partial charge on any atom is 0.340 e. The van der Waals surface area contributed by atoms with Gasteiger partial charge in [-0.15, -0.1) is 10.2 Å². The van der Waals surface area contributed by atoms with Crippen molar-refractivity contribution < 1.29 is 23.2 Å². The third kappa shape index (κ3) is 3.92. The number of amides is 1. The van der Waals surface area contributed by atoms with E-state index in [9.17, 15) is 9.59 Å². The van der Waals surface area contributed by atoms with Gasteiger partial charge < -0.3 is 18.9 Å². The van der Waals surface area contributed by atoms with Gasteiger partial charge in [0.15, 0.2) is 12.4 Å². The van der Waals surface area contributed by atoms with E-state index in [1.165, 1.54) is 12.3 Å². The Morgan fingerprint density at radius 2 is 1.92 bits per heavy atom. The van der Waals surface area contributed by atoms with Gasteiger partial charge in [-0.3, -0.25) is 4.79 Å². The Bertz CT molecular complexity index is 870. The van der Waals surface area contributed by atoms with E-state index in [2.05, 4.69) is 15.5 Å². The van der Waals surface area contributed by atoms with Crippen molar-refractivity contribution in [3.05, 3.63) is 65.8 Å². The van der Waals surface area contributed by atoms with Crippen LogP contribution in [0.15, 0.2) is 51.5 Å². The number of nitrogens with one attached hydrogen (secondary N) is 1. The lowest BCUT2D eigenvalue weighted by Crippen LogP contribution is -2.15. The van der Waals surface area contributed by atoms with Gasteiger partial charge in [-0.05, 0) is 24.3 Å². The molecule has 3 rings (SSSR count). The minimum atomic E-state index is -0.619. The predicted molar refractivity (Wildman–Crippen MR) is 85.9 cm³/mol. The van der Waals surface area contributed by atoms with Crippen molar-refractivity contribution >= 4 is 17.6 Å². The smallest absolute Gasteiger partial charge is 0.340 e. The standard InChI is InChI=1S/C17H15N3O5/c1-2-14-19-20-15(25-14)10-24-17(22)11-6-3-4-7-12(11)18-16(21)13-8-5-9-23-13/h3-9H,2,10H2,1H3,(H,18,21). The highest BCUT2D eigenvalue weighted by molar-refractivity contribution is 6.06. The average molecular weight is 341 g/mol. The van der Waals surface area contributed by atoms with Gasteiger partial charge in [-0.2, -0.15) is 0 Å². The molecule has 0 aliphatic carbocycles. The first kappa shape index (κ1) is 16.4. The molecule has 25 heavy (non-hydrogen) atoms. The number of nitrogens with zero attached hydrogens (tertiary/aromatic N) is 2.